The van der Waals surface area contributed by atoms with Crippen molar-refractivity contribution in [2.24, 2.45) is 0 Å². The zero-order chi connectivity index (χ0) is 12.1. The summed E-state index contributed by atoms with van der Waals surface area (Å²) < 4.78 is 0. The van der Waals surface area contributed by atoms with Gasteiger partial charge in [-0.25, -0.2) is 0 Å². The van der Waals surface area contributed by atoms with Crippen LogP contribution in [0, 0.1) is 0 Å². The fraction of sp³-hybridized carbons (Fsp3) is 0.0714. The van der Waals surface area contributed by atoms with E-state index in [1.165, 1.54) is 0 Å². The molecule has 0 unspecified atom stereocenters. The maximum absolute atomic E-state index is 10.9. The van der Waals surface area contributed by atoms with E-state index in [0.29, 0.717) is 0 Å². The largest absolute Gasteiger partial charge is 0.550 e. The molecule has 4 N–H and O–H groups in total. The lowest BCUT2D eigenvalue weighted by atomic mass is 10.4. The zero-order valence-electron chi connectivity index (χ0n) is 10.2. The maximum Gasteiger partial charge on any atom is 0.0463 e. The Morgan fingerprint density at radius 2 is 1.28 bits per heavy atom. The predicted molar refractivity (Wildman–Crippen MR) is 74.9 cm³/mol. The van der Waals surface area contributed by atoms with E-state index in [0.717, 1.165) is 10.6 Å². The normalized spacial score (nSPS) is 9.83. The molecule has 2 aromatic carbocycles. The Balaban J connectivity index is 0.00000162. The second-order valence-corrected chi connectivity index (χ2v) is 5.83. The molecule has 3 nitrogen and oxygen atoms in total. The lowest BCUT2D eigenvalue weighted by Gasteiger charge is -2.18. The van der Waals surface area contributed by atoms with Crippen LogP contribution in [0.2, 0.25) is 0 Å². The quantitative estimate of drug-likeness (QED) is 0.841. The average molecular weight is 261 g/mol. The van der Waals surface area contributed by atoms with E-state index in [4.69, 9.17) is 0 Å². The molecule has 2 rings (SSSR count). The van der Waals surface area contributed by atoms with Crippen LogP contribution < -0.4 is 21.9 Å². The topological polar surface area (TPSA) is 76.6 Å². The standard InChI is InChI=1S/C14H13O2P.H3N/c15-14(16)11-17(12-7-3-1-4-8-12)13-9-5-2-6-10-13;/h1-10H,11H2,(H,15,16);1H3. The molecule has 94 valence electrons. The molecule has 0 fully saturated rings. The van der Waals surface area contributed by atoms with Crippen LogP contribution in [0.1, 0.15) is 0 Å². The number of benzene rings is 2. The highest BCUT2D eigenvalue weighted by Gasteiger charge is 2.12. The van der Waals surface area contributed by atoms with Gasteiger partial charge in [-0.2, -0.15) is 0 Å². The highest BCUT2D eigenvalue weighted by atomic mass is 31.1. The van der Waals surface area contributed by atoms with E-state index in [1.807, 2.05) is 60.7 Å². The summed E-state index contributed by atoms with van der Waals surface area (Å²) in [5.74, 6) is -0.996. The van der Waals surface area contributed by atoms with Crippen LogP contribution in [-0.4, -0.2) is 12.1 Å². The minimum atomic E-state index is -0.996. The van der Waals surface area contributed by atoms with Gasteiger partial charge < -0.3 is 16.1 Å². The predicted octanol–water partition coefficient (Wildman–Crippen LogP) is 1.25. The number of carbonyl (C=O) groups excluding carboxylic acids is 1. The third-order valence-electron chi connectivity index (χ3n) is 2.42. The van der Waals surface area contributed by atoms with Crippen molar-refractivity contribution < 1.29 is 9.90 Å². The molecule has 0 amide bonds. The van der Waals surface area contributed by atoms with Crippen molar-refractivity contribution >= 4 is 24.5 Å². The summed E-state index contributed by atoms with van der Waals surface area (Å²) in [4.78, 5) is 10.9. The van der Waals surface area contributed by atoms with Gasteiger partial charge in [-0.1, -0.05) is 60.7 Å². The number of hydrogen-bond acceptors (Lipinski definition) is 2. The molecule has 0 spiro atoms. The van der Waals surface area contributed by atoms with Gasteiger partial charge in [-0.15, -0.1) is 0 Å². The number of hydrogen-bond donors (Lipinski definition) is 1. The van der Waals surface area contributed by atoms with Crippen molar-refractivity contribution in [3.63, 3.8) is 0 Å². The molecule has 0 saturated carbocycles. The molecule has 2 aromatic rings. The second kappa shape index (κ2) is 6.90. The number of aliphatic carboxylic acids is 1. The molecule has 0 aliphatic rings. The Hall–Kier alpha value is -1.70. The molecule has 0 saturated heterocycles. The van der Waals surface area contributed by atoms with Gasteiger partial charge in [0.05, 0.1) is 0 Å². The van der Waals surface area contributed by atoms with Crippen LogP contribution in [0.4, 0.5) is 0 Å². The van der Waals surface area contributed by atoms with Crippen LogP contribution >= 0.6 is 7.92 Å². The van der Waals surface area contributed by atoms with Crippen LogP contribution in [-0.2, 0) is 4.79 Å². The number of carboxylic acids is 1. The SMILES string of the molecule is O=C([O-])CP(c1ccccc1)c1ccccc1.[NH4+]. The molecule has 18 heavy (non-hydrogen) atoms. The highest BCUT2D eigenvalue weighted by Crippen LogP contribution is 2.32. The molecule has 0 atom stereocenters. The zero-order valence-corrected chi connectivity index (χ0v) is 11.1. The van der Waals surface area contributed by atoms with Crippen LogP contribution in [0.15, 0.2) is 60.7 Å². The van der Waals surface area contributed by atoms with Gasteiger partial charge in [0.1, 0.15) is 0 Å². The fourth-order valence-electron chi connectivity index (χ4n) is 1.68. The first-order valence-electron chi connectivity index (χ1n) is 5.35. The third kappa shape index (κ3) is 3.66. The lowest BCUT2D eigenvalue weighted by molar-refractivity contribution is -0.301. The lowest BCUT2D eigenvalue weighted by Crippen LogP contribution is -2.29. The minimum absolute atomic E-state index is 0. The number of quaternary nitrogens is 1. The van der Waals surface area contributed by atoms with E-state index in [1.54, 1.807) is 0 Å². The summed E-state index contributed by atoms with van der Waals surface area (Å²) in [6, 6.07) is 19.5. The second-order valence-electron chi connectivity index (χ2n) is 3.63. The maximum atomic E-state index is 10.9. The molecule has 0 radical (unpaired) electrons. The van der Waals surface area contributed by atoms with Crippen molar-refractivity contribution in [3.05, 3.63) is 60.7 Å². The first-order chi connectivity index (χ1) is 8.27. The summed E-state index contributed by atoms with van der Waals surface area (Å²) >= 11 is 0. The Kier molecular flexibility index (Phi) is 5.50. The third-order valence-corrected chi connectivity index (χ3v) is 4.84. The van der Waals surface area contributed by atoms with Gasteiger partial charge in [0.2, 0.25) is 0 Å². The Labute approximate surface area is 108 Å². The van der Waals surface area contributed by atoms with Gasteiger partial charge in [0, 0.05) is 12.1 Å². The number of carbonyl (C=O) groups is 1. The average Bonchev–Trinajstić information content (AvgIpc) is 2.38. The first-order valence-corrected chi connectivity index (χ1v) is 6.87. The summed E-state index contributed by atoms with van der Waals surface area (Å²) in [6.45, 7) is 0. The van der Waals surface area contributed by atoms with Crippen molar-refractivity contribution in [2.75, 3.05) is 6.16 Å². The molecule has 0 aromatic heterocycles. The number of carboxylic acid groups (broad SMARTS) is 1. The Morgan fingerprint density at radius 1 is 0.889 bits per heavy atom. The van der Waals surface area contributed by atoms with E-state index in [-0.39, 0.29) is 12.3 Å². The summed E-state index contributed by atoms with van der Waals surface area (Å²) in [5, 5.41) is 13.0. The van der Waals surface area contributed by atoms with E-state index in [9.17, 15) is 9.90 Å². The molecule has 0 aliphatic carbocycles. The van der Waals surface area contributed by atoms with Gasteiger partial charge in [-0.05, 0) is 18.5 Å². The Morgan fingerprint density at radius 3 is 1.61 bits per heavy atom. The highest BCUT2D eigenvalue weighted by molar-refractivity contribution is 7.73. The van der Waals surface area contributed by atoms with Gasteiger partial charge >= 0.3 is 0 Å². The molecule has 4 heteroatoms. The van der Waals surface area contributed by atoms with Gasteiger partial charge in [0.15, 0.2) is 0 Å². The molecular weight excluding hydrogens is 245 g/mol. The fourth-order valence-corrected chi connectivity index (χ4v) is 3.66. The van der Waals surface area contributed by atoms with Crippen molar-refractivity contribution in [1.29, 1.82) is 0 Å². The minimum Gasteiger partial charge on any atom is -0.550 e. The van der Waals surface area contributed by atoms with Crippen LogP contribution in [0.5, 0.6) is 0 Å². The summed E-state index contributed by atoms with van der Waals surface area (Å²) in [5.41, 5.74) is 0. The monoisotopic (exact) mass is 261 g/mol. The molecule has 0 aliphatic heterocycles. The smallest absolute Gasteiger partial charge is 0.0463 e. The van der Waals surface area contributed by atoms with Gasteiger partial charge in [0.25, 0.3) is 0 Å². The van der Waals surface area contributed by atoms with Crippen LogP contribution in [0.25, 0.3) is 0 Å². The summed E-state index contributed by atoms with van der Waals surface area (Å²) in [6.07, 6.45) is 0.0728. The molecular formula is C14H16NO2P. The van der Waals surface area contributed by atoms with Crippen molar-refractivity contribution in [1.82, 2.24) is 6.15 Å². The van der Waals surface area contributed by atoms with E-state index in [2.05, 4.69) is 0 Å². The Bertz CT molecular complexity index is 448. The van der Waals surface area contributed by atoms with E-state index < -0.39 is 13.9 Å². The molecule has 0 bridgehead atoms. The van der Waals surface area contributed by atoms with Crippen molar-refractivity contribution in [3.8, 4) is 0 Å². The number of rotatable bonds is 4. The summed E-state index contributed by atoms with van der Waals surface area (Å²) in [7, 11) is -0.852. The van der Waals surface area contributed by atoms with E-state index >= 15 is 0 Å². The van der Waals surface area contributed by atoms with Crippen molar-refractivity contribution in [2.45, 2.75) is 0 Å². The van der Waals surface area contributed by atoms with Gasteiger partial charge in [-0.3, -0.25) is 0 Å². The molecule has 0 heterocycles. The first kappa shape index (κ1) is 14.4. The van der Waals surface area contributed by atoms with Crippen LogP contribution in [0.3, 0.4) is 0 Å².